The van der Waals surface area contributed by atoms with Crippen molar-refractivity contribution in [3.8, 4) is 11.8 Å². The molecule has 0 bridgehead atoms. The van der Waals surface area contributed by atoms with Crippen LogP contribution in [0.2, 0.25) is 0 Å². The molecular weight excluding hydrogens is 350 g/mol. The minimum atomic E-state index is -0.637. The van der Waals surface area contributed by atoms with Crippen LogP contribution in [0.3, 0.4) is 0 Å². The second kappa shape index (κ2) is 9.09. The summed E-state index contributed by atoms with van der Waals surface area (Å²) >= 11 is 0. The number of amides is 1. The number of nitrogens with zero attached hydrogens (tertiary/aromatic N) is 2. The van der Waals surface area contributed by atoms with E-state index in [0.29, 0.717) is 17.9 Å². The van der Waals surface area contributed by atoms with Gasteiger partial charge in [0, 0.05) is 24.8 Å². The van der Waals surface area contributed by atoms with Crippen LogP contribution in [0.15, 0.2) is 60.8 Å². The van der Waals surface area contributed by atoms with Gasteiger partial charge in [-0.05, 0) is 42.0 Å². The second-order valence-electron chi connectivity index (χ2n) is 7.10. The van der Waals surface area contributed by atoms with Crippen molar-refractivity contribution in [2.75, 3.05) is 6.54 Å². The van der Waals surface area contributed by atoms with Crippen molar-refractivity contribution in [2.24, 2.45) is 5.92 Å². The van der Waals surface area contributed by atoms with Crippen molar-refractivity contribution >= 4 is 16.8 Å². The minimum Gasteiger partial charge on any atom is -0.479 e. The van der Waals surface area contributed by atoms with Crippen LogP contribution in [0.25, 0.3) is 10.9 Å². The Hall–Kier alpha value is -3.26. The largest absolute Gasteiger partial charge is 0.479 e. The number of para-hydroxylation sites is 2. The Kier molecular flexibility index (Phi) is 6.33. The smallest absolute Gasteiger partial charge is 0.261 e. The minimum absolute atomic E-state index is 0.0138. The number of fused-ring (bicyclic) bond motifs is 1. The zero-order valence-corrected chi connectivity index (χ0v) is 16.3. The molecule has 2 aromatic carbocycles. The first-order valence-corrected chi connectivity index (χ1v) is 9.57. The summed E-state index contributed by atoms with van der Waals surface area (Å²) in [7, 11) is 0. The van der Waals surface area contributed by atoms with Crippen molar-refractivity contribution in [3.05, 3.63) is 66.4 Å². The summed E-state index contributed by atoms with van der Waals surface area (Å²) in [6.45, 7) is 5.27. The quantitative estimate of drug-likeness (QED) is 0.602. The molecule has 1 aromatic heterocycles. The fraction of sp³-hybridized carbons (Fsp3) is 0.304. The number of ether oxygens (including phenoxy) is 1. The van der Waals surface area contributed by atoms with Gasteiger partial charge in [-0.3, -0.25) is 4.79 Å². The van der Waals surface area contributed by atoms with Gasteiger partial charge in [0.2, 0.25) is 0 Å². The highest BCUT2D eigenvalue weighted by Crippen LogP contribution is 2.21. The van der Waals surface area contributed by atoms with E-state index in [9.17, 15) is 10.1 Å². The van der Waals surface area contributed by atoms with E-state index < -0.39 is 6.10 Å². The molecule has 5 heteroatoms. The first-order chi connectivity index (χ1) is 13.6. The normalized spacial score (nSPS) is 11.9. The fourth-order valence-corrected chi connectivity index (χ4v) is 3.19. The fourth-order valence-electron chi connectivity index (χ4n) is 3.19. The standard InChI is InChI=1S/C23H25N3O2/c1-17(2)22(28-21-11-6-4-9-19(21)16-24)23(27)25-13-7-14-26-15-12-18-8-3-5-10-20(18)26/h3-6,8-12,15,17,22H,7,13-14H2,1-2H3,(H,25,27). The lowest BCUT2D eigenvalue weighted by Crippen LogP contribution is -2.42. The van der Waals surface area contributed by atoms with Gasteiger partial charge in [0.05, 0.1) is 5.56 Å². The van der Waals surface area contributed by atoms with E-state index in [0.717, 1.165) is 13.0 Å². The first kappa shape index (κ1) is 19.5. The second-order valence-corrected chi connectivity index (χ2v) is 7.10. The summed E-state index contributed by atoms with van der Waals surface area (Å²) in [5, 5.41) is 13.4. The predicted molar refractivity (Wildman–Crippen MR) is 110 cm³/mol. The number of benzene rings is 2. The lowest BCUT2D eigenvalue weighted by molar-refractivity contribution is -0.129. The Morgan fingerprint density at radius 3 is 2.68 bits per heavy atom. The Morgan fingerprint density at radius 2 is 1.89 bits per heavy atom. The molecule has 1 N–H and O–H groups in total. The van der Waals surface area contributed by atoms with Gasteiger partial charge in [0.1, 0.15) is 11.8 Å². The molecule has 0 radical (unpaired) electrons. The molecule has 1 atom stereocenters. The molecule has 0 aliphatic rings. The number of nitrogens with one attached hydrogen (secondary N) is 1. The van der Waals surface area contributed by atoms with Crippen molar-refractivity contribution in [1.29, 1.82) is 5.26 Å². The number of carbonyl (C=O) groups excluding carboxylic acids is 1. The van der Waals surface area contributed by atoms with E-state index in [1.807, 2.05) is 26.0 Å². The SMILES string of the molecule is CC(C)C(Oc1ccccc1C#N)C(=O)NCCCn1ccc2ccccc21. The van der Waals surface area contributed by atoms with E-state index in [2.05, 4.69) is 40.3 Å². The molecule has 0 aliphatic heterocycles. The van der Waals surface area contributed by atoms with E-state index >= 15 is 0 Å². The molecule has 1 amide bonds. The summed E-state index contributed by atoms with van der Waals surface area (Å²) in [5.74, 6) is 0.276. The molecule has 3 aromatic rings. The van der Waals surface area contributed by atoms with Crippen LogP contribution in [0.1, 0.15) is 25.8 Å². The molecule has 1 heterocycles. The highest BCUT2D eigenvalue weighted by Gasteiger charge is 2.24. The maximum absolute atomic E-state index is 12.6. The third-order valence-electron chi connectivity index (χ3n) is 4.68. The van der Waals surface area contributed by atoms with Crippen LogP contribution in [-0.2, 0) is 11.3 Å². The monoisotopic (exact) mass is 375 g/mol. The van der Waals surface area contributed by atoms with Gasteiger partial charge in [-0.25, -0.2) is 0 Å². The highest BCUT2D eigenvalue weighted by molar-refractivity contribution is 5.81. The van der Waals surface area contributed by atoms with Gasteiger partial charge in [-0.15, -0.1) is 0 Å². The summed E-state index contributed by atoms with van der Waals surface area (Å²) in [5.41, 5.74) is 1.63. The molecule has 0 fully saturated rings. The lowest BCUT2D eigenvalue weighted by Gasteiger charge is -2.22. The maximum Gasteiger partial charge on any atom is 0.261 e. The number of nitriles is 1. The molecule has 3 rings (SSSR count). The Balaban J connectivity index is 1.55. The third-order valence-corrected chi connectivity index (χ3v) is 4.68. The summed E-state index contributed by atoms with van der Waals surface area (Å²) in [6, 6.07) is 19.4. The van der Waals surface area contributed by atoms with Crippen LogP contribution in [0.5, 0.6) is 5.75 Å². The molecule has 28 heavy (non-hydrogen) atoms. The average Bonchev–Trinajstić information content (AvgIpc) is 3.12. The van der Waals surface area contributed by atoms with E-state index in [4.69, 9.17) is 4.74 Å². The van der Waals surface area contributed by atoms with Crippen molar-refractivity contribution in [3.63, 3.8) is 0 Å². The van der Waals surface area contributed by atoms with Gasteiger partial charge in [0.25, 0.3) is 5.91 Å². The number of carbonyl (C=O) groups is 1. The molecule has 1 unspecified atom stereocenters. The van der Waals surface area contributed by atoms with Gasteiger partial charge in [-0.2, -0.15) is 5.26 Å². The van der Waals surface area contributed by atoms with Crippen LogP contribution < -0.4 is 10.1 Å². The zero-order valence-electron chi connectivity index (χ0n) is 16.3. The Labute approximate surface area is 165 Å². The molecule has 0 saturated carbocycles. The predicted octanol–water partition coefficient (Wildman–Crippen LogP) is 4.12. The number of rotatable bonds is 8. The molecule has 0 saturated heterocycles. The average molecular weight is 375 g/mol. The zero-order chi connectivity index (χ0) is 19.9. The number of aryl methyl sites for hydroxylation is 1. The Morgan fingerprint density at radius 1 is 1.14 bits per heavy atom. The van der Waals surface area contributed by atoms with Gasteiger partial charge in [0.15, 0.2) is 6.10 Å². The van der Waals surface area contributed by atoms with Crippen LogP contribution >= 0.6 is 0 Å². The molecule has 5 nitrogen and oxygen atoms in total. The van der Waals surface area contributed by atoms with E-state index in [-0.39, 0.29) is 11.8 Å². The summed E-state index contributed by atoms with van der Waals surface area (Å²) in [6.07, 6.45) is 2.26. The van der Waals surface area contributed by atoms with E-state index in [1.54, 1.807) is 24.3 Å². The molecular formula is C23H25N3O2. The molecule has 0 spiro atoms. The third kappa shape index (κ3) is 4.52. The summed E-state index contributed by atoms with van der Waals surface area (Å²) in [4.78, 5) is 12.6. The molecule has 0 aliphatic carbocycles. The first-order valence-electron chi connectivity index (χ1n) is 9.57. The maximum atomic E-state index is 12.6. The highest BCUT2D eigenvalue weighted by atomic mass is 16.5. The van der Waals surface area contributed by atoms with Gasteiger partial charge < -0.3 is 14.6 Å². The number of hydrogen-bond acceptors (Lipinski definition) is 3. The Bertz CT molecular complexity index is 985. The van der Waals surface area contributed by atoms with Gasteiger partial charge in [-0.1, -0.05) is 44.2 Å². The lowest BCUT2D eigenvalue weighted by atomic mass is 10.1. The van der Waals surface area contributed by atoms with Crippen molar-refractivity contribution in [1.82, 2.24) is 9.88 Å². The van der Waals surface area contributed by atoms with Crippen LogP contribution in [0, 0.1) is 17.2 Å². The van der Waals surface area contributed by atoms with Crippen LogP contribution in [0.4, 0.5) is 0 Å². The number of hydrogen-bond donors (Lipinski definition) is 1. The summed E-state index contributed by atoms with van der Waals surface area (Å²) < 4.78 is 8.08. The number of aromatic nitrogens is 1. The van der Waals surface area contributed by atoms with Crippen LogP contribution in [-0.4, -0.2) is 23.1 Å². The van der Waals surface area contributed by atoms with Crippen molar-refractivity contribution in [2.45, 2.75) is 32.9 Å². The van der Waals surface area contributed by atoms with E-state index in [1.165, 1.54) is 10.9 Å². The molecule has 144 valence electrons. The topological polar surface area (TPSA) is 67.0 Å². The van der Waals surface area contributed by atoms with Gasteiger partial charge >= 0.3 is 0 Å². The van der Waals surface area contributed by atoms with Crippen molar-refractivity contribution < 1.29 is 9.53 Å².